The molecule has 9 nitrogen and oxygen atoms in total. The maximum absolute atomic E-state index is 12.6. The van der Waals surface area contributed by atoms with Gasteiger partial charge in [-0.1, -0.05) is 6.07 Å². The minimum atomic E-state index is -3.61. The lowest BCUT2D eigenvalue weighted by molar-refractivity contribution is -0.384. The van der Waals surface area contributed by atoms with Crippen molar-refractivity contribution in [3.05, 3.63) is 69.8 Å². The molecule has 3 rings (SSSR count). The van der Waals surface area contributed by atoms with Gasteiger partial charge in [-0.2, -0.15) is 9.41 Å². The van der Waals surface area contributed by atoms with Crippen molar-refractivity contribution in [2.45, 2.75) is 17.7 Å². The average Bonchev–Trinajstić information content (AvgIpc) is 3.24. The van der Waals surface area contributed by atoms with Gasteiger partial charge in [0, 0.05) is 30.8 Å². The van der Waals surface area contributed by atoms with E-state index in [1.807, 2.05) is 0 Å². The predicted octanol–water partition coefficient (Wildman–Crippen LogP) is 2.14. The van der Waals surface area contributed by atoms with Crippen molar-refractivity contribution in [2.75, 3.05) is 13.1 Å². The SMILES string of the molecule is O=C(NN=Cc1ccc([N+](=O)[O-])cc1)c1cccc(S(=O)(=O)N2CCCC2)c1. The number of nitrogens with zero attached hydrogens (tertiary/aromatic N) is 3. The van der Waals surface area contributed by atoms with Crippen LogP contribution < -0.4 is 5.43 Å². The second-order valence-corrected chi connectivity index (χ2v) is 8.12. The molecule has 0 atom stereocenters. The van der Waals surface area contributed by atoms with Gasteiger partial charge in [0.1, 0.15) is 0 Å². The maximum atomic E-state index is 12.6. The summed E-state index contributed by atoms with van der Waals surface area (Å²) in [5.74, 6) is -0.559. The highest BCUT2D eigenvalue weighted by molar-refractivity contribution is 7.89. The Morgan fingerprint density at radius 1 is 1.14 bits per heavy atom. The number of benzene rings is 2. The van der Waals surface area contributed by atoms with Crippen molar-refractivity contribution in [3.63, 3.8) is 0 Å². The van der Waals surface area contributed by atoms with E-state index in [9.17, 15) is 23.3 Å². The Bertz CT molecular complexity index is 1010. The van der Waals surface area contributed by atoms with Gasteiger partial charge in [0.25, 0.3) is 11.6 Å². The summed E-state index contributed by atoms with van der Waals surface area (Å²) in [6, 6.07) is 11.5. The molecule has 1 amide bonds. The van der Waals surface area contributed by atoms with Crippen LogP contribution in [0.1, 0.15) is 28.8 Å². The quantitative estimate of drug-likeness (QED) is 0.451. The lowest BCUT2D eigenvalue weighted by Crippen LogP contribution is -2.28. The van der Waals surface area contributed by atoms with Gasteiger partial charge in [-0.3, -0.25) is 14.9 Å². The Morgan fingerprint density at radius 2 is 1.82 bits per heavy atom. The molecule has 0 radical (unpaired) electrons. The van der Waals surface area contributed by atoms with Crippen molar-refractivity contribution in [1.82, 2.24) is 9.73 Å². The zero-order valence-electron chi connectivity index (χ0n) is 14.8. The monoisotopic (exact) mass is 402 g/mol. The molecule has 0 aliphatic carbocycles. The number of nitro benzene ring substituents is 1. The number of non-ortho nitro benzene ring substituents is 1. The second-order valence-electron chi connectivity index (χ2n) is 6.19. The summed E-state index contributed by atoms with van der Waals surface area (Å²) in [4.78, 5) is 22.4. The van der Waals surface area contributed by atoms with Crippen LogP contribution in [-0.2, 0) is 10.0 Å². The smallest absolute Gasteiger partial charge is 0.267 e. The first-order valence-corrected chi connectivity index (χ1v) is 10.00. The summed E-state index contributed by atoms with van der Waals surface area (Å²) in [6.07, 6.45) is 3.00. The molecule has 2 aromatic carbocycles. The lowest BCUT2D eigenvalue weighted by Gasteiger charge is -2.15. The van der Waals surface area contributed by atoms with Gasteiger partial charge in [-0.05, 0) is 48.7 Å². The third kappa shape index (κ3) is 4.41. The number of amides is 1. The van der Waals surface area contributed by atoms with Crippen LogP contribution in [0, 0.1) is 10.1 Å². The first-order valence-electron chi connectivity index (χ1n) is 8.56. The molecule has 0 spiro atoms. The van der Waals surface area contributed by atoms with E-state index >= 15 is 0 Å². The van der Waals surface area contributed by atoms with Crippen molar-refractivity contribution in [1.29, 1.82) is 0 Å². The van der Waals surface area contributed by atoms with Crippen LogP contribution in [0.2, 0.25) is 0 Å². The summed E-state index contributed by atoms with van der Waals surface area (Å²) in [6.45, 7) is 0.969. The number of carbonyl (C=O) groups excluding carboxylic acids is 1. The molecule has 0 aromatic heterocycles. The molecular formula is C18H18N4O5S. The highest BCUT2D eigenvalue weighted by Gasteiger charge is 2.27. The highest BCUT2D eigenvalue weighted by atomic mass is 32.2. The maximum Gasteiger partial charge on any atom is 0.271 e. The Hall–Kier alpha value is -3.11. The van der Waals surface area contributed by atoms with Crippen LogP contribution in [-0.4, -0.2) is 42.9 Å². The third-order valence-electron chi connectivity index (χ3n) is 4.28. The number of rotatable bonds is 6. The normalized spacial score (nSPS) is 15.0. The van der Waals surface area contributed by atoms with Gasteiger partial charge in [-0.15, -0.1) is 0 Å². The van der Waals surface area contributed by atoms with Gasteiger partial charge in [0.15, 0.2) is 0 Å². The van der Waals surface area contributed by atoms with Crippen molar-refractivity contribution in [2.24, 2.45) is 5.10 Å². The Labute approximate surface area is 161 Å². The number of sulfonamides is 1. The summed E-state index contributed by atoms with van der Waals surface area (Å²) in [5, 5.41) is 14.4. The molecule has 1 saturated heterocycles. The molecule has 0 unspecified atom stereocenters. The lowest BCUT2D eigenvalue weighted by atomic mass is 10.2. The Morgan fingerprint density at radius 3 is 2.46 bits per heavy atom. The Kier molecular flexibility index (Phi) is 5.81. The topological polar surface area (TPSA) is 122 Å². The Balaban J connectivity index is 1.68. The molecule has 146 valence electrons. The van der Waals surface area contributed by atoms with Crippen LogP contribution in [0.4, 0.5) is 5.69 Å². The second kappa shape index (κ2) is 8.28. The minimum Gasteiger partial charge on any atom is -0.267 e. The van der Waals surface area contributed by atoms with Gasteiger partial charge in [0.05, 0.1) is 16.0 Å². The van der Waals surface area contributed by atoms with Gasteiger partial charge < -0.3 is 0 Å². The van der Waals surface area contributed by atoms with Gasteiger partial charge in [0.2, 0.25) is 10.0 Å². The number of nitro groups is 1. The summed E-state index contributed by atoms with van der Waals surface area (Å²) in [7, 11) is -3.61. The molecule has 0 bridgehead atoms. The fourth-order valence-electron chi connectivity index (χ4n) is 2.79. The van der Waals surface area contributed by atoms with Gasteiger partial charge in [-0.25, -0.2) is 13.8 Å². The van der Waals surface area contributed by atoms with Crippen LogP contribution >= 0.6 is 0 Å². The average molecular weight is 402 g/mol. The molecule has 2 aromatic rings. The summed E-state index contributed by atoms with van der Waals surface area (Å²) < 4.78 is 26.6. The van der Waals surface area contributed by atoms with E-state index in [-0.39, 0.29) is 16.1 Å². The third-order valence-corrected chi connectivity index (χ3v) is 6.18. The van der Waals surface area contributed by atoms with Crippen LogP contribution in [0.5, 0.6) is 0 Å². The molecule has 1 heterocycles. The predicted molar refractivity (Wildman–Crippen MR) is 103 cm³/mol. The molecule has 0 saturated carbocycles. The molecule has 1 fully saturated rings. The fourth-order valence-corrected chi connectivity index (χ4v) is 4.35. The van der Waals surface area contributed by atoms with Crippen molar-refractivity contribution in [3.8, 4) is 0 Å². The molecular weight excluding hydrogens is 384 g/mol. The number of nitrogens with one attached hydrogen (secondary N) is 1. The molecule has 1 N–H and O–H groups in total. The van der Waals surface area contributed by atoms with Crippen LogP contribution in [0.3, 0.4) is 0 Å². The minimum absolute atomic E-state index is 0.0442. The number of hydrogen-bond acceptors (Lipinski definition) is 6. The zero-order chi connectivity index (χ0) is 20.1. The van der Waals surface area contributed by atoms with Gasteiger partial charge >= 0.3 is 0 Å². The van der Waals surface area contributed by atoms with Crippen LogP contribution in [0.25, 0.3) is 0 Å². The largest absolute Gasteiger partial charge is 0.271 e. The summed E-state index contributed by atoms with van der Waals surface area (Å²) >= 11 is 0. The van der Waals surface area contributed by atoms with E-state index in [1.54, 1.807) is 0 Å². The molecule has 10 heteroatoms. The first kappa shape index (κ1) is 19.6. The fraction of sp³-hybridized carbons (Fsp3) is 0.222. The highest BCUT2D eigenvalue weighted by Crippen LogP contribution is 2.21. The van der Waals surface area contributed by atoms with Crippen LogP contribution in [0.15, 0.2) is 58.5 Å². The van der Waals surface area contributed by atoms with E-state index in [0.717, 1.165) is 12.8 Å². The molecule has 1 aliphatic rings. The van der Waals surface area contributed by atoms with E-state index < -0.39 is 20.9 Å². The van der Waals surface area contributed by atoms with Crippen molar-refractivity contribution >= 4 is 27.8 Å². The number of carbonyl (C=O) groups is 1. The van der Waals surface area contributed by atoms with Crippen molar-refractivity contribution < 1.29 is 18.1 Å². The van der Waals surface area contributed by atoms with E-state index in [2.05, 4.69) is 10.5 Å². The van der Waals surface area contributed by atoms with E-state index in [0.29, 0.717) is 18.7 Å². The number of hydrogen-bond donors (Lipinski definition) is 1. The standard InChI is InChI=1S/C18H18N4O5S/c23-18(20-19-13-14-6-8-16(9-7-14)22(24)25)15-4-3-5-17(12-15)28(26,27)21-10-1-2-11-21/h3-9,12-13H,1-2,10-11H2,(H,20,23). The van der Waals surface area contributed by atoms with E-state index in [1.165, 1.54) is 59.1 Å². The van der Waals surface area contributed by atoms with E-state index in [4.69, 9.17) is 0 Å². The molecule has 1 aliphatic heterocycles. The number of hydrazone groups is 1. The molecule has 28 heavy (non-hydrogen) atoms. The first-order chi connectivity index (χ1) is 13.4. The summed E-state index contributed by atoms with van der Waals surface area (Å²) in [5.41, 5.74) is 3.01. The zero-order valence-corrected chi connectivity index (χ0v) is 15.6.